The second kappa shape index (κ2) is 7.33. The normalized spacial score (nSPS) is 13.9. The van der Waals surface area contributed by atoms with Crippen LogP contribution >= 0.6 is 11.3 Å². The lowest BCUT2D eigenvalue weighted by Crippen LogP contribution is -2.24. The molecule has 0 unspecified atom stereocenters. The van der Waals surface area contributed by atoms with Gasteiger partial charge in [0.1, 0.15) is 17.2 Å². The molecule has 1 aliphatic heterocycles. The van der Waals surface area contributed by atoms with Crippen molar-refractivity contribution in [2.45, 2.75) is 26.7 Å². The Bertz CT molecular complexity index is 847. The number of nitrogens with zero attached hydrogens (tertiary/aromatic N) is 2. The van der Waals surface area contributed by atoms with Crippen LogP contribution in [0, 0.1) is 6.92 Å². The summed E-state index contributed by atoms with van der Waals surface area (Å²) in [5.74, 6) is 0.563. The average molecular weight is 375 g/mol. The van der Waals surface area contributed by atoms with Crippen LogP contribution in [0.2, 0.25) is 0 Å². The largest absolute Gasteiger partial charge is 0.494 e. The van der Waals surface area contributed by atoms with Crippen molar-refractivity contribution in [1.82, 2.24) is 4.98 Å². The number of benzene rings is 1. The van der Waals surface area contributed by atoms with Gasteiger partial charge in [0.15, 0.2) is 0 Å². The van der Waals surface area contributed by atoms with E-state index in [9.17, 15) is 9.59 Å². The van der Waals surface area contributed by atoms with E-state index < -0.39 is 6.09 Å². The van der Waals surface area contributed by atoms with E-state index in [1.165, 1.54) is 23.3 Å². The number of rotatable bonds is 5. The van der Waals surface area contributed by atoms with E-state index in [4.69, 9.17) is 9.47 Å². The van der Waals surface area contributed by atoms with Gasteiger partial charge < -0.3 is 14.8 Å². The number of amides is 2. The summed E-state index contributed by atoms with van der Waals surface area (Å²) < 4.78 is 10.3. The highest BCUT2D eigenvalue weighted by Crippen LogP contribution is 2.33. The second-order valence-electron chi connectivity index (χ2n) is 6.23. The molecule has 3 rings (SSSR count). The SMILES string of the molecule is COc1cc(NC(=O)c2sc(C(C)C)nc2C)ccc1N1CCOC1=O. The lowest BCUT2D eigenvalue weighted by molar-refractivity contribution is 0.102. The third-order valence-corrected chi connectivity index (χ3v) is 5.46. The molecule has 1 aromatic heterocycles. The lowest BCUT2D eigenvalue weighted by Gasteiger charge is -2.17. The van der Waals surface area contributed by atoms with Crippen molar-refractivity contribution in [3.63, 3.8) is 0 Å². The molecule has 2 aromatic rings. The molecule has 2 heterocycles. The zero-order chi connectivity index (χ0) is 18.8. The molecule has 1 N–H and O–H groups in total. The number of methoxy groups -OCH3 is 1. The fourth-order valence-electron chi connectivity index (χ4n) is 2.65. The summed E-state index contributed by atoms with van der Waals surface area (Å²) in [6.45, 7) is 6.75. The number of thiazole rings is 1. The van der Waals surface area contributed by atoms with Gasteiger partial charge in [-0.05, 0) is 19.1 Å². The van der Waals surface area contributed by atoms with Gasteiger partial charge in [-0.1, -0.05) is 13.8 Å². The number of hydrogen-bond acceptors (Lipinski definition) is 6. The van der Waals surface area contributed by atoms with Crippen molar-refractivity contribution in [1.29, 1.82) is 0 Å². The zero-order valence-electron chi connectivity index (χ0n) is 15.2. The maximum absolute atomic E-state index is 12.6. The second-order valence-corrected chi connectivity index (χ2v) is 7.26. The Morgan fingerprint density at radius 3 is 2.77 bits per heavy atom. The minimum Gasteiger partial charge on any atom is -0.494 e. The number of hydrogen-bond donors (Lipinski definition) is 1. The third-order valence-electron chi connectivity index (χ3n) is 4.00. The van der Waals surface area contributed by atoms with Crippen LogP contribution < -0.4 is 15.0 Å². The predicted molar refractivity (Wildman–Crippen MR) is 101 cm³/mol. The first kappa shape index (κ1) is 18.2. The molecule has 7 nitrogen and oxygen atoms in total. The van der Waals surface area contributed by atoms with Gasteiger partial charge in [-0.25, -0.2) is 9.78 Å². The van der Waals surface area contributed by atoms with Crippen molar-refractivity contribution in [3.8, 4) is 5.75 Å². The van der Waals surface area contributed by atoms with Gasteiger partial charge in [0.2, 0.25) is 0 Å². The quantitative estimate of drug-likeness (QED) is 0.860. The Balaban J connectivity index is 1.82. The first-order valence-electron chi connectivity index (χ1n) is 8.31. The highest BCUT2D eigenvalue weighted by molar-refractivity contribution is 7.14. The Morgan fingerprint density at radius 1 is 1.42 bits per heavy atom. The van der Waals surface area contributed by atoms with Crippen LogP contribution in [0.1, 0.15) is 40.1 Å². The highest BCUT2D eigenvalue weighted by Gasteiger charge is 2.26. The van der Waals surface area contributed by atoms with Gasteiger partial charge in [0.05, 0.1) is 30.0 Å². The maximum atomic E-state index is 12.6. The van der Waals surface area contributed by atoms with E-state index in [1.54, 1.807) is 18.2 Å². The lowest BCUT2D eigenvalue weighted by atomic mass is 10.2. The molecule has 1 aromatic carbocycles. The Hall–Kier alpha value is -2.61. The number of cyclic esters (lactones) is 1. The molecule has 0 bridgehead atoms. The van der Waals surface area contributed by atoms with Crippen LogP contribution in [-0.4, -0.2) is 37.2 Å². The van der Waals surface area contributed by atoms with Crippen molar-refractivity contribution < 1.29 is 19.1 Å². The van der Waals surface area contributed by atoms with E-state index in [2.05, 4.69) is 10.3 Å². The molecule has 0 atom stereocenters. The van der Waals surface area contributed by atoms with Crippen LogP contribution in [0.5, 0.6) is 5.75 Å². The van der Waals surface area contributed by atoms with Crippen LogP contribution in [0.4, 0.5) is 16.2 Å². The molecule has 0 aliphatic carbocycles. The summed E-state index contributed by atoms with van der Waals surface area (Å²) in [7, 11) is 1.52. The van der Waals surface area contributed by atoms with Crippen LogP contribution in [0.15, 0.2) is 18.2 Å². The molecular weight excluding hydrogens is 354 g/mol. The Kier molecular flexibility index (Phi) is 5.13. The fraction of sp³-hybridized carbons (Fsp3) is 0.389. The zero-order valence-corrected chi connectivity index (χ0v) is 16.0. The number of carbonyl (C=O) groups excluding carboxylic acids is 2. The minimum atomic E-state index is -0.401. The van der Waals surface area contributed by atoms with E-state index >= 15 is 0 Å². The summed E-state index contributed by atoms with van der Waals surface area (Å²) in [6.07, 6.45) is -0.401. The monoisotopic (exact) mass is 375 g/mol. The van der Waals surface area contributed by atoms with Gasteiger partial charge in [-0.3, -0.25) is 9.69 Å². The van der Waals surface area contributed by atoms with E-state index in [-0.39, 0.29) is 11.8 Å². The van der Waals surface area contributed by atoms with Gasteiger partial charge >= 0.3 is 6.09 Å². The van der Waals surface area contributed by atoms with E-state index in [0.717, 1.165) is 10.7 Å². The molecule has 1 fully saturated rings. The number of anilines is 2. The molecular formula is C18H21N3O4S. The highest BCUT2D eigenvalue weighted by atomic mass is 32.1. The predicted octanol–water partition coefficient (Wildman–Crippen LogP) is 3.79. The molecule has 0 saturated carbocycles. The van der Waals surface area contributed by atoms with Gasteiger partial charge in [-0.2, -0.15) is 0 Å². The molecule has 8 heteroatoms. The van der Waals surface area contributed by atoms with Gasteiger partial charge in [0, 0.05) is 17.7 Å². The number of carbonyl (C=O) groups is 2. The minimum absolute atomic E-state index is 0.206. The number of aromatic nitrogens is 1. The fourth-order valence-corrected chi connectivity index (χ4v) is 3.62. The molecule has 1 aliphatic rings. The first-order valence-corrected chi connectivity index (χ1v) is 9.13. The van der Waals surface area contributed by atoms with Gasteiger partial charge in [0.25, 0.3) is 5.91 Å². The molecule has 138 valence electrons. The smallest absolute Gasteiger partial charge is 0.414 e. The summed E-state index contributed by atoms with van der Waals surface area (Å²) >= 11 is 1.40. The molecule has 2 amide bonds. The van der Waals surface area contributed by atoms with E-state index in [0.29, 0.717) is 35.2 Å². The van der Waals surface area contributed by atoms with Crippen molar-refractivity contribution >= 4 is 34.7 Å². The Morgan fingerprint density at radius 2 is 2.19 bits per heavy atom. The number of nitrogens with one attached hydrogen (secondary N) is 1. The summed E-state index contributed by atoms with van der Waals surface area (Å²) in [6, 6.07) is 5.17. The third kappa shape index (κ3) is 3.50. The Labute approximate surface area is 155 Å². The standard InChI is InChI=1S/C18H21N3O4S/c1-10(2)17-19-11(3)15(26-17)16(22)20-12-5-6-13(14(9-12)24-4)21-7-8-25-18(21)23/h5-6,9-10H,7-8H2,1-4H3,(H,20,22). The molecule has 0 radical (unpaired) electrons. The van der Waals surface area contributed by atoms with Gasteiger partial charge in [-0.15, -0.1) is 11.3 Å². The van der Waals surface area contributed by atoms with Crippen LogP contribution in [0.25, 0.3) is 0 Å². The number of ether oxygens (including phenoxy) is 2. The summed E-state index contributed by atoms with van der Waals surface area (Å²) in [4.78, 5) is 30.9. The van der Waals surface area contributed by atoms with E-state index in [1.807, 2.05) is 20.8 Å². The maximum Gasteiger partial charge on any atom is 0.414 e. The summed E-state index contributed by atoms with van der Waals surface area (Å²) in [5.41, 5.74) is 1.92. The molecule has 1 saturated heterocycles. The van der Waals surface area contributed by atoms with Crippen LogP contribution in [0.3, 0.4) is 0 Å². The average Bonchev–Trinajstić information content (AvgIpc) is 3.20. The molecule has 26 heavy (non-hydrogen) atoms. The number of aryl methyl sites for hydroxylation is 1. The van der Waals surface area contributed by atoms with Crippen molar-refractivity contribution in [2.75, 3.05) is 30.5 Å². The van der Waals surface area contributed by atoms with Crippen LogP contribution in [-0.2, 0) is 4.74 Å². The van der Waals surface area contributed by atoms with Crippen molar-refractivity contribution in [3.05, 3.63) is 33.8 Å². The van der Waals surface area contributed by atoms with Crippen molar-refractivity contribution in [2.24, 2.45) is 0 Å². The summed E-state index contributed by atoms with van der Waals surface area (Å²) in [5, 5.41) is 3.81. The topological polar surface area (TPSA) is 80.8 Å². The molecule has 0 spiro atoms. The first-order chi connectivity index (χ1) is 12.4.